The molecular weight excluding hydrogens is 494 g/mol. The van der Waals surface area contributed by atoms with E-state index in [-0.39, 0.29) is 12.6 Å². The molecule has 5 aromatic rings. The zero-order valence-corrected chi connectivity index (χ0v) is 20.9. The number of aromatic nitrogens is 2. The minimum atomic E-state index is -0.373. The second-order valence-electron chi connectivity index (χ2n) is 8.34. The van der Waals surface area contributed by atoms with E-state index in [0.29, 0.717) is 51.0 Å². The number of carbonyl (C=O) groups is 1. The van der Waals surface area contributed by atoms with E-state index in [1.165, 1.54) is 0 Å². The van der Waals surface area contributed by atoms with Gasteiger partial charge in [-0.25, -0.2) is 9.64 Å². The van der Waals surface area contributed by atoms with E-state index in [4.69, 9.17) is 20.8 Å². The predicted octanol–water partition coefficient (Wildman–Crippen LogP) is 7.20. The van der Waals surface area contributed by atoms with Crippen molar-refractivity contribution in [3.8, 4) is 23.0 Å². The number of hydrogen-bond donors (Lipinski definition) is 2. The zero-order chi connectivity index (χ0) is 27.0. The molecule has 0 saturated carbocycles. The largest absolute Gasteiger partial charge is 0.500 e. The Bertz CT molecular complexity index is 1630. The summed E-state index contributed by atoms with van der Waals surface area (Å²) in [7, 11) is 1.58. The molecule has 9 heteroatoms. The number of hydrogen-bond acceptors (Lipinski definition) is 6. The first-order valence-corrected chi connectivity index (χ1v) is 11.9. The standard InChI is InChI=1S/C30H23N5O4/c1-31-27-16-25-26(17-29(27)38-19-20-4-3-14-32-18-20)33-15-13-28(25)39-24-11-7-22(8-12-24)35-30(36)34-21-5-9-23(37-2)10-6-21/h3-18H,19H2,2H3,(H2,34,35,36). The van der Waals surface area contributed by atoms with Crippen LogP contribution in [0, 0.1) is 6.57 Å². The van der Waals surface area contributed by atoms with Gasteiger partial charge in [0.25, 0.3) is 0 Å². The molecule has 0 fully saturated rings. The summed E-state index contributed by atoms with van der Waals surface area (Å²) in [6.45, 7) is 7.92. The van der Waals surface area contributed by atoms with Crippen LogP contribution in [0.2, 0.25) is 0 Å². The number of benzene rings is 3. The third-order valence-electron chi connectivity index (χ3n) is 5.71. The highest BCUT2D eigenvalue weighted by Gasteiger charge is 2.12. The summed E-state index contributed by atoms with van der Waals surface area (Å²) in [6.07, 6.45) is 5.05. The predicted molar refractivity (Wildman–Crippen MR) is 149 cm³/mol. The molecule has 0 spiro atoms. The minimum Gasteiger partial charge on any atom is -0.500 e. The van der Waals surface area contributed by atoms with Crippen molar-refractivity contribution in [1.29, 1.82) is 0 Å². The smallest absolute Gasteiger partial charge is 0.323 e. The lowest BCUT2D eigenvalue weighted by molar-refractivity contribution is 0.262. The number of pyridine rings is 2. The third-order valence-corrected chi connectivity index (χ3v) is 5.71. The molecule has 9 nitrogen and oxygen atoms in total. The highest BCUT2D eigenvalue weighted by Crippen LogP contribution is 2.37. The van der Waals surface area contributed by atoms with E-state index in [0.717, 1.165) is 5.56 Å². The number of amides is 2. The molecule has 0 unspecified atom stereocenters. The van der Waals surface area contributed by atoms with Crippen molar-refractivity contribution in [3.05, 3.63) is 114 Å². The fourth-order valence-corrected chi connectivity index (χ4v) is 3.77. The Morgan fingerprint density at radius 1 is 0.897 bits per heavy atom. The van der Waals surface area contributed by atoms with Crippen LogP contribution >= 0.6 is 0 Å². The lowest BCUT2D eigenvalue weighted by Crippen LogP contribution is -2.19. The Hall–Kier alpha value is -5.62. The van der Waals surface area contributed by atoms with Gasteiger partial charge in [-0.15, -0.1) is 0 Å². The van der Waals surface area contributed by atoms with Gasteiger partial charge in [0.1, 0.15) is 29.6 Å². The van der Waals surface area contributed by atoms with Crippen molar-refractivity contribution in [2.75, 3.05) is 17.7 Å². The summed E-state index contributed by atoms with van der Waals surface area (Å²) in [5.41, 5.74) is 3.12. The summed E-state index contributed by atoms with van der Waals surface area (Å²) >= 11 is 0. The van der Waals surface area contributed by atoms with Crippen LogP contribution in [0.15, 0.2) is 97.5 Å². The van der Waals surface area contributed by atoms with Gasteiger partial charge in [-0.1, -0.05) is 6.07 Å². The number of rotatable bonds is 8. The fourth-order valence-electron chi connectivity index (χ4n) is 3.77. The fraction of sp³-hybridized carbons (Fsp3) is 0.0667. The number of ether oxygens (including phenoxy) is 3. The van der Waals surface area contributed by atoms with Crippen molar-refractivity contribution in [2.45, 2.75) is 6.61 Å². The lowest BCUT2D eigenvalue weighted by Gasteiger charge is -2.13. The van der Waals surface area contributed by atoms with Gasteiger partial charge >= 0.3 is 6.03 Å². The SMILES string of the molecule is [C-]#[N+]c1cc2c(Oc3ccc(NC(=O)Nc4ccc(OC)cc4)cc3)ccnc2cc1OCc1cccnc1. The summed E-state index contributed by atoms with van der Waals surface area (Å²) in [5, 5.41) is 6.23. The van der Waals surface area contributed by atoms with Crippen molar-refractivity contribution in [3.63, 3.8) is 0 Å². The number of urea groups is 1. The van der Waals surface area contributed by atoms with E-state index < -0.39 is 0 Å². The van der Waals surface area contributed by atoms with E-state index in [9.17, 15) is 4.79 Å². The number of anilines is 2. The van der Waals surface area contributed by atoms with Crippen molar-refractivity contribution >= 4 is 34.0 Å². The first-order chi connectivity index (χ1) is 19.1. The van der Waals surface area contributed by atoms with Gasteiger partial charge < -0.3 is 24.8 Å². The molecule has 0 atom stereocenters. The maximum atomic E-state index is 12.3. The van der Waals surface area contributed by atoms with E-state index in [1.54, 1.807) is 92.4 Å². The van der Waals surface area contributed by atoms with E-state index in [1.807, 2.05) is 12.1 Å². The van der Waals surface area contributed by atoms with E-state index in [2.05, 4.69) is 25.4 Å². The Morgan fingerprint density at radius 2 is 1.62 bits per heavy atom. The van der Waals surface area contributed by atoms with Crippen molar-refractivity contribution < 1.29 is 19.0 Å². The second-order valence-corrected chi connectivity index (χ2v) is 8.34. The molecule has 0 aliphatic carbocycles. The average Bonchev–Trinajstić information content (AvgIpc) is 2.97. The lowest BCUT2D eigenvalue weighted by atomic mass is 10.1. The van der Waals surface area contributed by atoms with Crippen LogP contribution in [-0.4, -0.2) is 23.1 Å². The number of carbonyl (C=O) groups excluding carboxylic acids is 1. The van der Waals surface area contributed by atoms with Crippen LogP contribution in [0.4, 0.5) is 21.9 Å². The van der Waals surface area contributed by atoms with Crippen LogP contribution in [0.5, 0.6) is 23.0 Å². The normalized spacial score (nSPS) is 10.4. The van der Waals surface area contributed by atoms with Crippen LogP contribution in [0.1, 0.15) is 5.56 Å². The first kappa shape index (κ1) is 25.0. The molecule has 3 aromatic carbocycles. The van der Waals surface area contributed by atoms with Gasteiger partial charge in [-0.2, -0.15) is 0 Å². The minimum absolute atomic E-state index is 0.288. The molecule has 0 radical (unpaired) electrons. The Labute approximate surface area is 224 Å². The molecule has 5 rings (SSSR count). The Morgan fingerprint density at radius 3 is 2.26 bits per heavy atom. The summed E-state index contributed by atoms with van der Waals surface area (Å²) < 4.78 is 17.1. The van der Waals surface area contributed by atoms with Crippen molar-refractivity contribution in [2.24, 2.45) is 0 Å². The monoisotopic (exact) mass is 517 g/mol. The highest BCUT2D eigenvalue weighted by molar-refractivity contribution is 5.99. The summed E-state index contributed by atoms with van der Waals surface area (Å²) in [6, 6.07) is 22.6. The summed E-state index contributed by atoms with van der Waals surface area (Å²) in [5.74, 6) is 2.25. The number of fused-ring (bicyclic) bond motifs is 1. The maximum absolute atomic E-state index is 12.3. The molecule has 0 bridgehead atoms. The van der Waals surface area contributed by atoms with Gasteiger partial charge in [0.15, 0.2) is 0 Å². The average molecular weight is 518 g/mol. The van der Waals surface area contributed by atoms with Gasteiger partial charge in [0, 0.05) is 40.9 Å². The van der Waals surface area contributed by atoms with Crippen LogP contribution in [-0.2, 0) is 6.61 Å². The molecule has 0 saturated heterocycles. The Kier molecular flexibility index (Phi) is 7.46. The second kappa shape index (κ2) is 11.6. The number of nitrogens with one attached hydrogen (secondary N) is 2. The maximum Gasteiger partial charge on any atom is 0.323 e. The molecule has 39 heavy (non-hydrogen) atoms. The molecule has 0 aliphatic rings. The van der Waals surface area contributed by atoms with Gasteiger partial charge in [0.2, 0.25) is 5.69 Å². The first-order valence-electron chi connectivity index (χ1n) is 11.9. The van der Waals surface area contributed by atoms with Gasteiger partial charge in [-0.3, -0.25) is 9.97 Å². The molecular formula is C30H23N5O4. The van der Waals surface area contributed by atoms with Crippen LogP contribution < -0.4 is 24.8 Å². The van der Waals surface area contributed by atoms with Crippen molar-refractivity contribution in [1.82, 2.24) is 9.97 Å². The molecule has 0 aliphatic heterocycles. The molecule has 2 N–H and O–H groups in total. The highest BCUT2D eigenvalue weighted by atomic mass is 16.5. The number of methoxy groups -OCH3 is 1. The van der Waals surface area contributed by atoms with Gasteiger partial charge in [-0.05, 0) is 72.8 Å². The van der Waals surface area contributed by atoms with Crippen LogP contribution in [0.3, 0.4) is 0 Å². The van der Waals surface area contributed by atoms with Gasteiger partial charge in [0.05, 0.1) is 19.2 Å². The quantitative estimate of drug-likeness (QED) is 0.211. The Balaban J connectivity index is 1.27. The number of nitrogens with zero attached hydrogens (tertiary/aromatic N) is 3. The molecule has 2 heterocycles. The van der Waals surface area contributed by atoms with E-state index >= 15 is 0 Å². The summed E-state index contributed by atoms with van der Waals surface area (Å²) in [4.78, 5) is 24.5. The third kappa shape index (κ3) is 6.21. The van der Waals surface area contributed by atoms with Crippen LogP contribution in [0.25, 0.3) is 15.7 Å². The molecule has 192 valence electrons. The molecule has 2 amide bonds. The zero-order valence-electron chi connectivity index (χ0n) is 20.9. The molecule has 2 aromatic heterocycles. The topological polar surface area (TPSA) is 99.0 Å².